The number of amides is 1. The van der Waals surface area contributed by atoms with Crippen molar-refractivity contribution >= 4 is 11.9 Å². The third kappa shape index (κ3) is 6.59. The van der Waals surface area contributed by atoms with Crippen LogP contribution in [0.3, 0.4) is 0 Å². The maximum absolute atomic E-state index is 12.2. The molecule has 0 unspecified atom stereocenters. The lowest BCUT2D eigenvalue weighted by Gasteiger charge is -2.30. The first-order chi connectivity index (χ1) is 8.19. The molecule has 1 amide bonds. The normalized spacial score (nSPS) is 11.7. The van der Waals surface area contributed by atoms with E-state index in [1.54, 1.807) is 25.9 Å². The monoisotopic (exact) mass is 259 g/mol. The molecule has 106 valence electrons. The van der Waals surface area contributed by atoms with Crippen molar-refractivity contribution in [3.05, 3.63) is 0 Å². The molecule has 1 N–H and O–H groups in total. The van der Waals surface area contributed by atoms with Crippen LogP contribution in [-0.2, 0) is 14.3 Å². The van der Waals surface area contributed by atoms with Gasteiger partial charge < -0.3 is 14.7 Å². The van der Waals surface area contributed by atoms with Crippen molar-refractivity contribution in [1.29, 1.82) is 0 Å². The van der Waals surface area contributed by atoms with Crippen LogP contribution in [-0.4, -0.2) is 48.2 Å². The van der Waals surface area contributed by atoms with Gasteiger partial charge in [-0.25, -0.2) is 0 Å². The molecule has 0 aromatic heterocycles. The SMILES string of the molecule is COCCN(C(=O)CC(C)(C)CC(=O)O)C(C)C. The highest BCUT2D eigenvalue weighted by Crippen LogP contribution is 2.26. The lowest BCUT2D eigenvalue weighted by molar-refractivity contribution is -0.141. The van der Waals surface area contributed by atoms with Gasteiger partial charge in [-0.15, -0.1) is 0 Å². The third-order valence-corrected chi connectivity index (χ3v) is 2.74. The number of ether oxygens (including phenoxy) is 1. The quantitative estimate of drug-likeness (QED) is 0.721. The van der Waals surface area contributed by atoms with Crippen molar-refractivity contribution in [3.63, 3.8) is 0 Å². The smallest absolute Gasteiger partial charge is 0.303 e. The van der Waals surface area contributed by atoms with Crippen LogP contribution in [0.5, 0.6) is 0 Å². The van der Waals surface area contributed by atoms with Crippen molar-refractivity contribution in [2.75, 3.05) is 20.3 Å². The van der Waals surface area contributed by atoms with E-state index in [4.69, 9.17) is 9.84 Å². The number of rotatable bonds is 8. The summed E-state index contributed by atoms with van der Waals surface area (Å²) in [4.78, 5) is 24.6. The van der Waals surface area contributed by atoms with Crippen molar-refractivity contribution < 1.29 is 19.4 Å². The average molecular weight is 259 g/mol. The van der Waals surface area contributed by atoms with Crippen molar-refractivity contribution in [1.82, 2.24) is 4.90 Å². The lowest BCUT2D eigenvalue weighted by Crippen LogP contribution is -2.41. The minimum Gasteiger partial charge on any atom is -0.481 e. The molecule has 0 rings (SSSR count). The molecular formula is C13H25NO4. The highest BCUT2D eigenvalue weighted by atomic mass is 16.5. The fraction of sp³-hybridized carbons (Fsp3) is 0.846. The molecule has 5 nitrogen and oxygen atoms in total. The highest BCUT2D eigenvalue weighted by molar-refractivity contribution is 5.78. The fourth-order valence-corrected chi connectivity index (χ4v) is 1.84. The van der Waals surface area contributed by atoms with E-state index in [2.05, 4.69) is 0 Å². The third-order valence-electron chi connectivity index (χ3n) is 2.74. The molecule has 18 heavy (non-hydrogen) atoms. The zero-order chi connectivity index (χ0) is 14.3. The van der Waals surface area contributed by atoms with E-state index < -0.39 is 11.4 Å². The Kier molecular flexibility index (Phi) is 6.91. The van der Waals surface area contributed by atoms with Gasteiger partial charge in [0.15, 0.2) is 0 Å². The van der Waals surface area contributed by atoms with Crippen LogP contribution in [0.15, 0.2) is 0 Å². The predicted molar refractivity (Wildman–Crippen MR) is 69.4 cm³/mol. The molecular weight excluding hydrogens is 234 g/mol. The fourth-order valence-electron chi connectivity index (χ4n) is 1.84. The first-order valence-corrected chi connectivity index (χ1v) is 6.20. The summed E-state index contributed by atoms with van der Waals surface area (Å²) in [7, 11) is 1.59. The second-order valence-electron chi connectivity index (χ2n) is 5.59. The first kappa shape index (κ1) is 16.9. The summed E-state index contributed by atoms with van der Waals surface area (Å²) < 4.78 is 4.98. The van der Waals surface area contributed by atoms with Gasteiger partial charge in [0.1, 0.15) is 0 Å². The van der Waals surface area contributed by atoms with Crippen LogP contribution in [0.4, 0.5) is 0 Å². The minimum atomic E-state index is -0.874. The van der Waals surface area contributed by atoms with Crippen molar-refractivity contribution in [2.24, 2.45) is 5.41 Å². The summed E-state index contributed by atoms with van der Waals surface area (Å²) in [6, 6.07) is 0.0910. The van der Waals surface area contributed by atoms with Crippen molar-refractivity contribution in [3.8, 4) is 0 Å². The number of carboxylic acids is 1. The van der Waals surface area contributed by atoms with Gasteiger partial charge in [0.25, 0.3) is 0 Å². The molecule has 0 saturated heterocycles. The van der Waals surface area contributed by atoms with Crippen LogP contribution in [0.2, 0.25) is 0 Å². The van der Waals surface area contributed by atoms with E-state index >= 15 is 0 Å². The minimum absolute atomic E-state index is 0.00501. The Balaban J connectivity index is 4.54. The molecule has 0 aliphatic heterocycles. The molecule has 0 aliphatic rings. The van der Waals surface area contributed by atoms with Crippen LogP contribution in [0, 0.1) is 5.41 Å². The summed E-state index contributed by atoms with van der Waals surface area (Å²) in [5.41, 5.74) is -0.525. The van der Waals surface area contributed by atoms with E-state index in [-0.39, 0.29) is 24.8 Å². The Hall–Kier alpha value is -1.10. The second kappa shape index (κ2) is 7.36. The van der Waals surface area contributed by atoms with Crippen LogP contribution in [0.25, 0.3) is 0 Å². The van der Waals surface area contributed by atoms with Crippen LogP contribution in [0.1, 0.15) is 40.5 Å². The molecule has 0 spiro atoms. The molecule has 0 aliphatic carbocycles. The standard InChI is InChI=1S/C13H25NO4/c1-10(2)14(6-7-18-5)11(15)8-13(3,4)9-12(16)17/h10H,6-9H2,1-5H3,(H,16,17). The topological polar surface area (TPSA) is 66.8 Å². The molecule has 5 heteroatoms. The molecule has 0 heterocycles. The molecule has 0 aromatic carbocycles. The van der Waals surface area contributed by atoms with Gasteiger partial charge in [-0.2, -0.15) is 0 Å². The van der Waals surface area contributed by atoms with Gasteiger partial charge in [0.05, 0.1) is 13.0 Å². The van der Waals surface area contributed by atoms with Gasteiger partial charge >= 0.3 is 5.97 Å². The predicted octanol–water partition coefficient (Wildman–Crippen LogP) is 1.76. The zero-order valence-electron chi connectivity index (χ0n) is 12.0. The largest absolute Gasteiger partial charge is 0.481 e. The van der Waals surface area contributed by atoms with E-state index in [0.29, 0.717) is 13.2 Å². The van der Waals surface area contributed by atoms with E-state index in [9.17, 15) is 9.59 Å². The summed E-state index contributed by atoms with van der Waals surface area (Å²) >= 11 is 0. The summed E-state index contributed by atoms with van der Waals surface area (Å²) in [6.07, 6.45) is 0.232. The lowest BCUT2D eigenvalue weighted by atomic mass is 9.85. The molecule has 0 radical (unpaired) electrons. The van der Waals surface area contributed by atoms with E-state index in [0.717, 1.165) is 0 Å². The van der Waals surface area contributed by atoms with Gasteiger partial charge in [-0.05, 0) is 19.3 Å². The Morgan fingerprint density at radius 1 is 1.28 bits per heavy atom. The molecule has 0 saturated carbocycles. The number of hydrogen-bond acceptors (Lipinski definition) is 3. The average Bonchev–Trinajstić information content (AvgIpc) is 2.14. The summed E-state index contributed by atoms with van der Waals surface area (Å²) in [5, 5.41) is 8.81. The number of carbonyl (C=O) groups excluding carboxylic acids is 1. The summed E-state index contributed by atoms with van der Waals surface area (Å²) in [6.45, 7) is 8.51. The second-order valence-corrected chi connectivity index (χ2v) is 5.59. The number of aliphatic carboxylic acids is 1. The Labute approximate surface area is 109 Å². The summed E-state index contributed by atoms with van der Waals surface area (Å²) in [5.74, 6) is -0.894. The van der Waals surface area contributed by atoms with Gasteiger partial charge in [-0.3, -0.25) is 9.59 Å². The Morgan fingerprint density at radius 3 is 2.22 bits per heavy atom. The first-order valence-electron chi connectivity index (χ1n) is 6.20. The molecule has 0 aromatic rings. The van der Waals surface area contributed by atoms with Gasteiger partial charge in [0.2, 0.25) is 5.91 Å². The number of hydrogen-bond donors (Lipinski definition) is 1. The van der Waals surface area contributed by atoms with Crippen LogP contribution < -0.4 is 0 Å². The van der Waals surface area contributed by atoms with Gasteiger partial charge in [-0.1, -0.05) is 13.8 Å². The maximum atomic E-state index is 12.2. The number of carbonyl (C=O) groups is 2. The van der Waals surface area contributed by atoms with E-state index in [1.807, 2.05) is 13.8 Å². The van der Waals surface area contributed by atoms with Crippen LogP contribution >= 0.6 is 0 Å². The van der Waals surface area contributed by atoms with Gasteiger partial charge in [0, 0.05) is 26.1 Å². The number of nitrogens with zero attached hydrogens (tertiary/aromatic N) is 1. The maximum Gasteiger partial charge on any atom is 0.303 e. The van der Waals surface area contributed by atoms with E-state index in [1.165, 1.54) is 0 Å². The highest BCUT2D eigenvalue weighted by Gasteiger charge is 2.28. The Bertz CT molecular complexity index is 287. The Morgan fingerprint density at radius 2 is 1.83 bits per heavy atom. The molecule has 0 atom stereocenters. The number of methoxy groups -OCH3 is 1. The molecule has 0 bridgehead atoms. The van der Waals surface area contributed by atoms with Crippen molar-refractivity contribution in [2.45, 2.75) is 46.6 Å². The number of carboxylic acid groups (broad SMARTS) is 1. The zero-order valence-corrected chi connectivity index (χ0v) is 12.0. The molecule has 0 fully saturated rings.